The number of fused-ring (bicyclic) bond motifs is 5. The van der Waals surface area contributed by atoms with E-state index in [4.69, 9.17) is 4.89 Å². The zero-order chi connectivity index (χ0) is 23.5. The highest BCUT2D eigenvalue weighted by atomic mass is 17.1. The predicted octanol–water partition coefficient (Wildman–Crippen LogP) is 7.41. The first-order valence-electron chi connectivity index (χ1n) is 13.4. The summed E-state index contributed by atoms with van der Waals surface area (Å²) in [6.45, 7) is 18.6. The van der Waals surface area contributed by atoms with Crippen LogP contribution in [0.3, 0.4) is 0 Å². The molecule has 0 aromatic rings. The standard InChI is InChI=1S/C29H48O3/c1-18(2)19(3)8-9-20(4)22-13-17-29(32-31)25-11-10-23-21(5)26(30)14-15-27(23,6)24(25)12-16-28(22,29)7/h11,18-20,22-24,26,30-31H,5,8-10,12-17H2,1-4,6-7H3/t19-,20-,22-,23+,24+,26+,27+,28-,29-/m1/s1. The van der Waals surface area contributed by atoms with Crippen LogP contribution in [-0.4, -0.2) is 22.1 Å². The summed E-state index contributed by atoms with van der Waals surface area (Å²) < 4.78 is 0. The molecule has 3 fully saturated rings. The van der Waals surface area contributed by atoms with Crippen LogP contribution in [0, 0.1) is 46.3 Å². The van der Waals surface area contributed by atoms with Gasteiger partial charge in [0.1, 0.15) is 5.60 Å². The van der Waals surface area contributed by atoms with Crippen molar-refractivity contribution in [3.63, 3.8) is 0 Å². The average molecular weight is 445 g/mol. The summed E-state index contributed by atoms with van der Waals surface area (Å²) in [5.74, 6) is 3.49. The molecule has 3 saturated carbocycles. The van der Waals surface area contributed by atoms with Gasteiger partial charge in [-0.1, -0.05) is 67.0 Å². The van der Waals surface area contributed by atoms with Crippen molar-refractivity contribution in [1.29, 1.82) is 0 Å². The molecule has 0 radical (unpaired) electrons. The van der Waals surface area contributed by atoms with Gasteiger partial charge in [-0.3, -0.25) is 5.26 Å². The molecular weight excluding hydrogens is 396 g/mol. The summed E-state index contributed by atoms with van der Waals surface area (Å²) in [6, 6.07) is 0. The summed E-state index contributed by atoms with van der Waals surface area (Å²) in [7, 11) is 0. The average Bonchev–Trinajstić information content (AvgIpc) is 3.08. The minimum Gasteiger partial charge on any atom is -0.389 e. The SMILES string of the molecule is C=C1[C@@H](O)CC[C@@]2(C)[C@H]1CC=C1[C@@H]2CC[C@]2(C)[C@@H]([C@H](C)CC[C@@H](C)C(C)C)CC[C@@]12OO. The van der Waals surface area contributed by atoms with E-state index < -0.39 is 5.60 Å². The van der Waals surface area contributed by atoms with Gasteiger partial charge in [-0.25, -0.2) is 4.89 Å². The molecule has 0 bridgehead atoms. The Morgan fingerprint density at radius 3 is 2.41 bits per heavy atom. The lowest BCUT2D eigenvalue weighted by atomic mass is 9.45. The predicted molar refractivity (Wildman–Crippen MR) is 131 cm³/mol. The summed E-state index contributed by atoms with van der Waals surface area (Å²) in [5.41, 5.74) is 1.97. The molecule has 3 nitrogen and oxygen atoms in total. The Balaban J connectivity index is 1.62. The van der Waals surface area contributed by atoms with Gasteiger partial charge < -0.3 is 5.11 Å². The van der Waals surface area contributed by atoms with Gasteiger partial charge in [0.2, 0.25) is 0 Å². The highest BCUT2D eigenvalue weighted by Crippen LogP contribution is 2.69. The second kappa shape index (κ2) is 8.54. The molecule has 4 aliphatic rings. The van der Waals surface area contributed by atoms with Gasteiger partial charge in [-0.05, 0) is 97.0 Å². The van der Waals surface area contributed by atoms with E-state index >= 15 is 0 Å². The summed E-state index contributed by atoms with van der Waals surface area (Å²) >= 11 is 0. The molecule has 0 unspecified atom stereocenters. The lowest BCUT2D eigenvalue weighted by Crippen LogP contribution is -2.59. The largest absolute Gasteiger partial charge is 0.389 e. The van der Waals surface area contributed by atoms with Crippen LogP contribution < -0.4 is 0 Å². The van der Waals surface area contributed by atoms with Gasteiger partial charge >= 0.3 is 0 Å². The number of aliphatic hydroxyl groups is 1. The van der Waals surface area contributed by atoms with Gasteiger partial charge in [0.25, 0.3) is 0 Å². The van der Waals surface area contributed by atoms with Gasteiger partial charge in [0, 0.05) is 5.41 Å². The molecule has 182 valence electrons. The Labute approximate surface area is 196 Å². The van der Waals surface area contributed by atoms with Crippen LogP contribution in [0.1, 0.15) is 99.3 Å². The lowest BCUT2D eigenvalue weighted by molar-refractivity contribution is -0.346. The molecule has 32 heavy (non-hydrogen) atoms. The summed E-state index contributed by atoms with van der Waals surface area (Å²) in [4.78, 5) is 5.65. The summed E-state index contributed by atoms with van der Waals surface area (Å²) in [5, 5.41) is 21.0. The molecule has 0 heterocycles. The van der Waals surface area contributed by atoms with Crippen molar-refractivity contribution in [2.75, 3.05) is 0 Å². The van der Waals surface area contributed by atoms with Gasteiger partial charge in [-0.15, -0.1) is 0 Å². The Kier molecular flexibility index (Phi) is 6.53. The maximum absolute atomic E-state index is 10.5. The Morgan fingerprint density at radius 1 is 1.03 bits per heavy atom. The van der Waals surface area contributed by atoms with E-state index in [9.17, 15) is 10.4 Å². The van der Waals surface area contributed by atoms with Crippen molar-refractivity contribution in [3.8, 4) is 0 Å². The van der Waals surface area contributed by atoms with E-state index in [2.05, 4.69) is 54.2 Å². The lowest BCUT2D eigenvalue weighted by Gasteiger charge is -2.61. The fraction of sp³-hybridized carbons (Fsp3) is 0.862. The zero-order valence-electron chi connectivity index (χ0n) is 21.5. The molecule has 4 aliphatic carbocycles. The van der Waals surface area contributed by atoms with E-state index in [0.717, 1.165) is 62.4 Å². The Morgan fingerprint density at radius 2 is 1.75 bits per heavy atom. The van der Waals surface area contributed by atoms with E-state index in [1.165, 1.54) is 18.4 Å². The van der Waals surface area contributed by atoms with Crippen molar-refractivity contribution in [3.05, 3.63) is 23.8 Å². The van der Waals surface area contributed by atoms with Gasteiger partial charge in [0.05, 0.1) is 6.10 Å². The van der Waals surface area contributed by atoms with Crippen LogP contribution in [-0.2, 0) is 4.89 Å². The third-order valence-electron chi connectivity index (χ3n) is 11.4. The van der Waals surface area contributed by atoms with Crippen molar-refractivity contribution < 1.29 is 15.3 Å². The maximum Gasteiger partial charge on any atom is 0.130 e. The van der Waals surface area contributed by atoms with E-state index in [0.29, 0.717) is 23.7 Å². The third-order valence-corrected chi connectivity index (χ3v) is 11.4. The van der Waals surface area contributed by atoms with E-state index in [1.807, 2.05) is 0 Å². The Hall–Kier alpha value is -0.640. The van der Waals surface area contributed by atoms with Gasteiger partial charge in [-0.2, -0.15) is 0 Å². The first-order chi connectivity index (χ1) is 15.0. The van der Waals surface area contributed by atoms with Crippen LogP contribution in [0.25, 0.3) is 0 Å². The monoisotopic (exact) mass is 444 g/mol. The zero-order valence-corrected chi connectivity index (χ0v) is 21.5. The molecule has 9 atom stereocenters. The smallest absolute Gasteiger partial charge is 0.130 e. The first kappa shape index (κ1) is 24.5. The molecule has 0 amide bonds. The number of hydrogen-bond donors (Lipinski definition) is 2. The first-order valence-corrected chi connectivity index (χ1v) is 13.4. The molecule has 0 aromatic heterocycles. The second-order valence-electron chi connectivity index (χ2n) is 12.9. The molecule has 4 rings (SSSR count). The molecule has 0 aromatic carbocycles. The summed E-state index contributed by atoms with van der Waals surface area (Å²) in [6.07, 6.45) is 11.7. The molecule has 0 aliphatic heterocycles. The number of rotatable bonds is 6. The molecule has 3 heteroatoms. The highest BCUT2D eigenvalue weighted by molar-refractivity contribution is 5.38. The quantitative estimate of drug-likeness (QED) is 0.255. The number of hydrogen-bond acceptors (Lipinski definition) is 3. The van der Waals surface area contributed by atoms with E-state index in [1.54, 1.807) is 0 Å². The third kappa shape index (κ3) is 3.40. The van der Waals surface area contributed by atoms with Crippen molar-refractivity contribution in [2.45, 2.75) is 111 Å². The van der Waals surface area contributed by atoms with Crippen LogP contribution in [0.4, 0.5) is 0 Å². The number of allylic oxidation sites excluding steroid dienone is 1. The molecule has 0 saturated heterocycles. The van der Waals surface area contributed by atoms with Gasteiger partial charge in [0.15, 0.2) is 0 Å². The van der Waals surface area contributed by atoms with Crippen LogP contribution in [0.2, 0.25) is 0 Å². The topological polar surface area (TPSA) is 49.7 Å². The molecule has 0 spiro atoms. The fourth-order valence-corrected chi connectivity index (χ4v) is 8.72. The fourth-order valence-electron chi connectivity index (χ4n) is 8.72. The molecule has 2 N–H and O–H groups in total. The van der Waals surface area contributed by atoms with Crippen molar-refractivity contribution >= 4 is 0 Å². The minimum absolute atomic E-state index is 0.0149. The molecular formula is C29H48O3. The maximum atomic E-state index is 10.5. The Bertz CT molecular complexity index is 756. The highest BCUT2D eigenvalue weighted by Gasteiger charge is 2.67. The van der Waals surface area contributed by atoms with Crippen molar-refractivity contribution in [1.82, 2.24) is 0 Å². The van der Waals surface area contributed by atoms with E-state index in [-0.39, 0.29) is 16.9 Å². The number of aliphatic hydroxyl groups excluding tert-OH is 1. The normalized spacial score (nSPS) is 45.7. The van der Waals surface area contributed by atoms with Crippen molar-refractivity contribution in [2.24, 2.45) is 46.3 Å². The van der Waals surface area contributed by atoms with Crippen LogP contribution >= 0.6 is 0 Å². The minimum atomic E-state index is -0.538. The second-order valence-corrected chi connectivity index (χ2v) is 12.9. The van der Waals surface area contributed by atoms with Crippen LogP contribution in [0.5, 0.6) is 0 Å². The van der Waals surface area contributed by atoms with Crippen LogP contribution in [0.15, 0.2) is 23.8 Å².